The summed E-state index contributed by atoms with van der Waals surface area (Å²) in [6.07, 6.45) is 6.37. The lowest BCUT2D eigenvalue weighted by molar-refractivity contribution is 0.170. The Balaban J connectivity index is 2.08. The second-order valence-corrected chi connectivity index (χ2v) is 6.37. The van der Waals surface area contributed by atoms with Crippen LogP contribution < -0.4 is 9.47 Å². The molecule has 1 aliphatic heterocycles. The Kier molecular flexibility index (Phi) is 4.93. The minimum absolute atomic E-state index is 0.692. The molecule has 0 aromatic carbocycles. The summed E-state index contributed by atoms with van der Waals surface area (Å²) >= 11 is 1.86. The number of ether oxygens (including phenoxy) is 2. The molecule has 2 nitrogen and oxygen atoms in total. The highest BCUT2D eigenvalue weighted by molar-refractivity contribution is 7.12. The van der Waals surface area contributed by atoms with E-state index in [9.17, 15) is 0 Å². The molecule has 3 heteroatoms. The first kappa shape index (κ1) is 13.7. The van der Waals surface area contributed by atoms with E-state index >= 15 is 0 Å². The fourth-order valence-electron chi connectivity index (χ4n) is 2.50. The third kappa shape index (κ3) is 3.00. The second kappa shape index (κ2) is 6.46. The number of hydrogen-bond acceptors (Lipinski definition) is 3. The number of unbranched alkanes of at least 4 members (excludes halogenated alkanes) is 1. The molecule has 1 unspecified atom stereocenters. The van der Waals surface area contributed by atoms with Crippen LogP contribution in [0.25, 0.3) is 0 Å². The first-order valence-electron chi connectivity index (χ1n) is 7.14. The Bertz CT molecular complexity index is 384. The molecular formula is C15H24O2S. The van der Waals surface area contributed by atoms with Gasteiger partial charge < -0.3 is 9.47 Å². The van der Waals surface area contributed by atoms with Crippen molar-refractivity contribution in [2.24, 2.45) is 5.92 Å². The Morgan fingerprint density at radius 2 is 1.89 bits per heavy atom. The van der Waals surface area contributed by atoms with Crippen molar-refractivity contribution < 1.29 is 9.47 Å². The summed E-state index contributed by atoms with van der Waals surface area (Å²) in [5, 5.41) is 0. The SMILES string of the molecule is CCCCC(CC)Cc1sc(C)c2c1OCCO2. The zero-order valence-corrected chi connectivity index (χ0v) is 12.6. The third-order valence-electron chi connectivity index (χ3n) is 3.65. The number of rotatable bonds is 6. The predicted molar refractivity (Wildman–Crippen MR) is 77.1 cm³/mol. The van der Waals surface area contributed by atoms with E-state index in [1.165, 1.54) is 35.4 Å². The van der Waals surface area contributed by atoms with Crippen molar-refractivity contribution in [1.82, 2.24) is 0 Å². The van der Waals surface area contributed by atoms with Crippen molar-refractivity contribution in [3.8, 4) is 11.5 Å². The van der Waals surface area contributed by atoms with E-state index in [1.54, 1.807) is 0 Å². The zero-order chi connectivity index (χ0) is 13.0. The minimum Gasteiger partial charge on any atom is -0.485 e. The van der Waals surface area contributed by atoms with E-state index in [4.69, 9.17) is 9.47 Å². The Labute approximate surface area is 114 Å². The average Bonchev–Trinajstić information content (AvgIpc) is 2.72. The second-order valence-electron chi connectivity index (χ2n) is 5.06. The molecule has 0 saturated carbocycles. The van der Waals surface area contributed by atoms with Crippen LogP contribution in [0.2, 0.25) is 0 Å². The molecule has 0 spiro atoms. The Morgan fingerprint density at radius 3 is 2.56 bits per heavy atom. The molecule has 2 rings (SSSR count). The summed E-state index contributed by atoms with van der Waals surface area (Å²) in [7, 11) is 0. The van der Waals surface area contributed by atoms with Crippen LogP contribution in [0.4, 0.5) is 0 Å². The first-order chi connectivity index (χ1) is 8.76. The van der Waals surface area contributed by atoms with Gasteiger partial charge in [0.1, 0.15) is 13.2 Å². The van der Waals surface area contributed by atoms with Gasteiger partial charge in [-0.05, 0) is 19.3 Å². The predicted octanol–water partition coefficient (Wildman–Crippen LogP) is 4.59. The van der Waals surface area contributed by atoms with Gasteiger partial charge in [-0.2, -0.15) is 0 Å². The fourth-order valence-corrected chi connectivity index (χ4v) is 3.68. The molecule has 18 heavy (non-hydrogen) atoms. The molecule has 102 valence electrons. The molecule has 0 amide bonds. The molecule has 0 saturated heterocycles. The van der Waals surface area contributed by atoms with Gasteiger partial charge in [-0.25, -0.2) is 0 Å². The molecule has 1 atom stereocenters. The van der Waals surface area contributed by atoms with Crippen LogP contribution in [0.1, 0.15) is 49.3 Å². The van der Waals surface area contributed by atoms with Gasteiger partial charge in [-0.1, -0.05) is 39.5 Å². The number of thiophene rings is 1. The van der Waals surface area contributed by atoms with E-state index in [2.05, 4.69) is 20.8 Å². The van der Waals surface area contributed by atoms with Gasteiger partial charge in [0.05, 0.1) is 4.88 Å². The molecular weight excluding hydrogens is 244 g/mol. The normalized spacial score (nSPS) is 15.7. The van der Waals surface area contributed by atoms with Crippen LogP contribution >= 0.6 is 11.3 Å². The summed E-state index contributed by atoms with van der Waals surface area (Å²) in [6.45, 7) is 8.08. The zero-order valence-electron chi connectivity index (χ0n) is 11.8. The van der Waals surface area contributed by atoms with Gasteiger partial charge in [-0.15, -0.1) is 11.3 Å². The standard InChI is InChI=1S/C15H24O2S/c1-4-6-7-12(5-2)10-13-15-14(11(3)18-13)16-8-9-17-15/h12H,4-10H2,1-3H3. The maximum atomic E-state index is 5.81. The van der Waals surface area contributed by atoms with Gasteiger partial charge in [0, 0.05) is 4.88 Å². The maximum Gasteiger partial charge on any atom is 0.175 e. The summed E-state index contributed by atoms with van der Waals surface area (Å²) in [5.74, 6) is 2.84. The van der Waals surface area contributed by atoms with Crippen molar-refractivity contribution >= 4 is 11.3 Å². The summed E-state index contributed by atoms with van der Waals surface area (Å²) < 4.78 is 11.5. The smallest absolute Gasteiger partial charge is 0.175 e. The number of aryl methyl sites for hydroxylation is 1. The van der Waals surface area contributed by atoms with Gasteiger partial charge >= 0.3 is 0 Å². The number of hydrogen-bond donors (Lipinski definition) is 0. The van der Waals surface area contributed by atoms with Crippen molar-refractivity contribution in [3.05, 3.63) is 9.75 Å². The Hall–Kier alpha value is -0.700. The van der Waals surface area contributed by atoms with E-state index in [0.717, 1.165) is 23.8 Å². The van der Waals surface area contributed by atoms with E-state index in [-0.39, 0.29) is 0 Å². The molecule has 0 aliphatic carbocycles. The molecule has 1 aromatic heterocycles. The van der Waals surface area contributed by atoms with Crippen LogP contribution in [0.5, 0.6) is 11.5 Å². The topological polar surface area (TPSA) is 18.5 Å². The van der Waals surface area contributed by atoms with Crippen molar-refractivity contribution in [1.29, 1.82) is 0 Å². The molecule has 1 aromatic rings. The van der Waals surface area contributed by atoms with Crippen LogP contribution in [0, 0.1) is 12.8 Å². The molecule has 0 radical (unpaired) electrons. The molecule has 0 N–H and O–H groups in total. The van der Waals surface area contributed by atoms with Crippen molar-refractivity contribution in [2.75, 3.05) is 13.2 Å². The molecule has 2 heterocycles. The van der Waals surface area contributed by atoms with E-state index in [0.29, 0.717) is 13.2 Å². The maximum absolute atomic E-state index is 5.81. The lowest BCUT2D eigenvalue weighted by Crippen LogP contribution is -2.15. The van der Waals surface area contributed by atoms with Crippen LogP contribution in [0.15, 0.2) is 0 Å². The highest BCUT2D eigenvalue weighted by atomic mass is 32.1. The van der Waals surface area contributed by atoms with Crippen molar-refractivity contribution in [3.63, 3.8) is 0 Å². The molecule has 0 bridgehead atoms. The minimum atomic E-state index is 0.692. The summed E-state index contributed by atoms with van der Waals surface area (Å²) in [4.78, 5) is 2.66. The number of fused-ring (bicyclic) bond motifs is 1. The highest BCUT2D eigenvalue weighted by Gasteiger charge is 2.23. The fraction of sp³-hybridized carbons (Fsp3) is 0.733. The van der Waals surface area contributed by atoms with Gasteiger partial charge in [0.25, 0.3) is 0 Å². The van der Waals surface area contributed by atoms with Gasteiger partial charge in [0.2, 0.25) is 0 Å². The van der Waals surface area contributed by atoms with E-state index < -0.39 is 0 Å². The van der Waals surface area contributed by atoms with Crippen LogP contribution in [-0.4, -0.2) is 13.2 Å². The lowest BCUT2D eigenvalue weighted by atomic mass is 9.95. The molecule has 1 aliphatic rings. The average molecular weight is 268 g/mol. The third-order valence-corrected chi connectivity index (χ3v) is 4.74. The first-order valence-corrected chi connectivity index (χ1v) is 7.95. The molecule has 0 fully saturated rings. The summed E-state index contributed by atoms with van der Waals surface area (Å²) in [5.41, 5.74) is 0. The Morgan fingerprint density at radius 1 is 1.17 bits per heavy atom. The summed E-state index contributed by atoms with van der Waals surface area (Å²) in [6, 6.07) is 0. The van der Waals surface area contributed by atoms with Crippen LogP contribution in [-0.2, 0) is 6.42 Å². The lowest BCUT2D eigenvalue weighted by Gasteiger charge is -2.18. The van der Waals surface area contributed by atoms with Gasteiger partial charge in [-0.3, -0.25) is 0 Å². The monoisotopic (exact) mass is 268 g/mol. The quantitative estimate of drug-likeness (QED) is 0.751. The van der Waals surface area contributed by atoms with Crippen molar-refractivity contribution in [2.45, 2.75) is 52.9 Å². The highest BCUT2D eigenvalue weighted by Crippen LogP contribution is 2.44. The van der Waals surface area contributed by atoms with E-state index in [1.807, 2.05) is 11.3 Å². The largest absolute Gasteiger partial charge is 0.485 e. The van der Waals surface area contributed by atoms with Crippen LogP contribution in [0.3, 0.4) is 0 Å². The van der Waals surface area contributed by atoms with Gasteiger partial charge in [0.15, 0.2) is 11.5 Å².